The van der Waals surface area contributed by atoms with Gasteiger partial charge in [0.25, 0.3) is 0 Å². The van der Waals surface area contributed by atoms with Crippen LogP contribution in [0.2, 0.25) is 0 Å². The minimum absolute atomic E-state index is 0.0878. The number of benzene rings is 1. The van der Waals surface area contributed by atoms with Crippen LogP contribution >= 0.6 is 0 Å². The number of nitrogens with zero attached hydrogens (tertiary/aromatic N) is 5. The number of hydrogen-bond donors (Lipinski definition) is 1. The molecule has 1 aromatic heterocycles. The molecule has 23 heavy (non-hydrogen) atoms. The molecule has 1 aliphatic heterocycles. The van der Waals surface area contributed by atoms with Gasteiger partial charge in [-0.2, -0.15) is 5.26 Å². The standard InChI is InChI=1S/C17H21N5O/c1-21-16(12-23)19-20-17(21)15-7-4-8-22(11-15)10-14-6-3-2-5-13(14)9-18/h2-3,5-6,15,23H,4,7-8,10-12H2,1H3/t15-/m0/s1. The fraction of sp³-hybridized carbons (Fsp3) is 0.471. The minimum atomic E-state index is -0.0878. The zero-order valence-electron chi connectivity index (χ0n) is 13.3. The minimum Gasteiger partial charge on any atom is -0.388 e. The van der Waals surface area contributed by atoms with Crippen LogP contribution in [0.3, 0.4) is 0 Å². The van der Waals surface area contributed by atoms with Crippen molar-refractivity contribution in [1.82, 2.24) is 19.7 Å². The lowest BCUT2D eigenvalue weighted by Crippen LogP contribution is -2.35. The molecule has 2 aromatic rings. The summed E-state index contributed by atoms with van der Waals surface area (Å²) in [6, 6.07) is 10.0. The van der Waals surface area contributed by atoms with Gasteiger partial charge in [0.1, 0.15) is 12.4 Å². The van der Waals surface area contributed by atoms with E-state index in [1.54, 1.807) is 0 Å². The van der Waals surface area contributed by atoms with E-state index in [1.165, 1.54) is 0 Å². The summed E-state index contributed by atoms with van der Waals surface area (Å²) in [5.41, 5.74) is 1.82. The number of likely N-dealkylation sites (tertiary alicyclic amines) is 1. The van der Waals surface area contributed by atoms with E-state index < -0.39 is 0 Å². The molecular formula is C17H21N5O. The van der Waals surface area contributed by atoms with Gasteiger partial charge in [0, 0.05) is 26.1 Å². The van der Waals surface area contributed by atoms with Gasteiger partial charge in [-0.15, -0.1) is 10.2 Å². The van der Waals surface area contributed by atoms with E-state index in [4.69, 9.17) is 0 Å². The Bertz CT molecular complexity index is 718. The topological polar surface area (TPSA) is 78.0 Å². The van der Waals surface area contributed by atoms with Crippen LogP contribution in [0.25, 0.3) is 0 Å². The SMILES string of the molecule is Cn1c(CO)nnc1[C@H]1CCCN(Cc2ccccc2C#N)C1. The maximum absolute atomic E-state index is 9.27. The third-order valence-electron chi connectivity index (χ3n) is 4.54. The molecule has 0 spiro atoms. The summed E-state index contributed by atoms with van der Waals surface area (Å²) >= 11 is 0. The van der Waals surface area contributed by atoms with Gasteiger partial charge in [0.2, 0.25) is 0 Å². The first-order chi connectivity index (χ1) is 11.2. The van der Waals surface area contributed by atoms with Crippen LogP contribution < -0.4 is 0 Å². The van der Waals surface area contributed by atoms with Gasteiger partial charge in [-0.25, -0.2) is 0 Å². The highest BCUT2D eigenvalue weighted by Gasteiger charge is 2.26. The van der Waals surface area contributed by atoms with E-state index >= 15 is 0 Å². The Morgan fingerprint density at radius 2 is 2.17 bits per heavy atom. The smallest absolute Gasteiger partial charge is 0.158 e. The number of hydrogen-bond acceptors (Lipinski definition) is 5. The number of piperidine rings is 1. The molecule has 0 bridgehead atoms. The van der Waals surface area contributed by atoms with Crippen molar-refractivity contribution >= 4 is 0 Å². The Labute approximate surface area is 136 Å². The van der Waals surface area contributed by atoms with Crippen LogP contribution in [0.5, 0.6) is 0 Å². The van der Waals surface area contributed by atoms with Crippen molar-refractivity contribution in [3.05, 3.63) is 47.0 Å². The van der Waals surface area contributed by atoms with Crippen molar-refractivity contribution in [2.45, 2.75) is 31.9 Å². The van der Waals surface area contributed by atoms with E-state index in [0.29, 0.717) is 11.7 Å². The molecule has 6 nitrogen and oxygen atoms in total. The monoisotopic (exact) mass is 311 g/mol. The highest BCUT2D eigenvalue weighted by atomic mass is 16.3. The molecule has 3 rings (SSSR count). The second-order valence-corrected chi connectivity index (χ2v) is 6.03. The average molecular weight is 311 g/mol. The maximum Gasteiger partial charge on any atom is 0.158 e. The first-order valence-electron chi connectivity index (χ1n) is 7.92. The number of nitriles is 1. The fourth-order valence-electron chi connectivity index (χ4n) is 3.29. The van der Waals surface area contributed by atoms with Gasteiger partial charge < -0.3 is 9.67 Å². The summed E-state index contributed by atoms with van der Waals surface area (Å²) in [5.74, 6) is 1.86. The second kappa shape index (κ2) is 6.90. The van der Waals surface area contributed by atoms with Gasteiger partial charge in [-0.05, 0) is 31.0 Å². The Morgan fingerprint density at radius 1 is 1.35 bits per heavy atom. The molecule has 2 heterocycles. The summed E-state index contributed by atoms with van der Waals surface area (Å²) in [6.45, 7) is 2.62. The lowest BCUT2D eigenvalue weighted by Gasteiger charge is -2.32. The Hall–Kier alpha value is -2.23. The van der Waals surface area contributed by atoms with E-state index in [0.717, 1.165) is 49.4 Å². The van der Waals surface area contributed by atoms with Crippen LogP contribution in [0.15, 0.2) is 24.3 Å². The van der Waals surface area contributed by atoms with Gasteiger partial charge in [-0.3, -0.25) is 4.90 Å². The summed E-state index contributed by atoms with van der Waals surface area (Å²) in [5, 5.41) is 26.8. The van der Waals surface area contributed by atoms with E-state index in [-0.39, 0.29) is 6.61 Å². The molecule has 1 aromatic carbocycles. The number of aromatic nitrogens is 3. The third-order valence-corrected chi connectivity index (χ3v) is 4.54. The van der Waals surface area contributed by atoms with Crippen molar-refractivity contribution in [3.63, 3.8) is 0 Å². The van der Waals surface area contributed by atoms with Crippen LogP contribution in [0.1, 0.15) is 41.5 Å². The molecular weight excluding hydrogens is 290 g/mol. The van der Waals surface area contributed by atoms with Crippen molar-refractivity contribution in [3.8, 4) is 6.07 Å². The average Bonchev–Trinajstić information content (AvgIpc) is 2.96. The molecule has 0 saturated carbocycles. The molecule has 0 amide bonds. The number of aliphatic hydroxyl groups is 1. The third kappa shape index (κ3) is 3.26. The lowest BCUT2D eigenvalue weighted by atomic mass is 9.96. The van der Waals surface area contributed by atoms with E-state index in [2.05, 4.69) is 21.2 Å². The molecule has 0 unspecified atom stereocenters. The van der Waals surface area contributed by atoms with E-state index in [9.17, 15) is 10.4 Å². The predicted molar refractivity (Wildman–Crippen MR) is 85.3 cm³/mol. The summed E-state index contributed by atoms with van der Waals surface area (Å²) < 4.78 is 1.90. The zero-order valence-corrected chi connectivity index (χ0v) is 13.3. The predicted octanol–water partition coefficient (Wildman–Crippen LogP) is 1.56. The van der Waals surface area contributed by atoms with Crippen molar-refractivity contribution in [1.29, 1.82) is 5.26 Å². The Morgan fingerprint density at radius 3 is 2.91 bits per heavy atom. The number of aliphatic hydroxyl groups excluding tert-OH is 1. The normalized spacial score (nSPS) is 18.7. The fourth-order valence-corrected chi connectivity index (χ4v) is 3.29. The molecule has 0 aliphatic carbocycles. The highest BCUT2D eigenvalue weighted by Crippen LogP contribution is 2.27. The lowest BCUT2D eigenvalue weighted by molar-refractivity contribution is 0.194. The van der Waals surface area contributed by atoms with Crippen LogP contribution in [-0.4, -0.2) is 37.9 Å². The quantitative estimate of drug-likeness (QED) is 0.927. The number of rotatable bonds is 4. The van der Waals surface area contributed by atoms with Gasteiger partial charge in [0.15, 0.2) is 5.82 Å². The highest BCUT2D eigenvalue weighted by molar-refractivity contribution is 5.37. The molecule has 1 fully saturated rings. The van der Waals surface area contributed by atoms with Gasteiger partial charge in [-0.1, -0.05) is 18.2 Å². The first kappa shape index (κ1) is 15.7. The summed E-state index contributed by atoms with van der Waals surface area (Å²) in [4.78, 5) is 2.37. The van der Waals surface area contributed by atoms with E-state index in [1.807, 2.05) is 35.9 Å². The van der Waals surface area contributed by atoms with Crippen molar-refractivity contribution in [2.75, 3.05) is 13.1 Å². The largest absolute Gasteiger partial charge is 0.388 e. The first-order valence-corrected chi connectivity index (χ1v) is 7.92. The summed E-state index contributed by atoms with van der Waals surface area (Å²) in [6.07, 6.45) is 2.18. The molecule has 6 heteroatoms. The van der Waals surface area contributed by atoms with Crippen LogP contribution in [0.4, 0.5) is 0 Å². The van der Waals surface area contributed by atoms with Crippen molar-refractivity contribution in [2.24, 2.45) is 7.05 Å². The van der Waals surface area contributed by atoms with Crippen molar-refractivity contribution < 1.29 is 5.11 Å². The molecule has 0 radical (unpaired) electrons. The maximum atomic E-state index is 9.27. The van der Waals surface area contributed by atoms with Gasteiger partial charge in [0.05, 0.1) is 11.6 Å². The second-order valence-electron chi connectivity index (χ2n) is 6.03. The molecule has 1 saturated heterocycles. The van der Waals surface area contributed by atoms with Crippen LogP contribution in [0, 0.1) is 11.3 Å². The van der Waals surface area contributed by atoms with Crippen LogP contribution in [-0.2, 0) is 20.2 Å². The summed E-state index contributed by atoms with van der Waals surface area (Å²) in [7, 11) is 1.91. The molecule has 1 N–H and O–H groups in total. The molecule has 1 atom stereocenters. The molecule has 1 aliphatic rings. The molecule has 120 valence electrons. The van der Waals surface area contributed by atoms with Gasteiger partial charge >= 0.3 is 0 Å². The zero-order chi connectivity index (χ0) is 16.2. The Kier molecular flexibility index (Phi) is 4.70. The Balaban J connectivity index is 1.73.